The summed E-state index contributed by atoms with van der Waals surface area (Å²) in [7, 11) is 6.16. The maximum Gasteiger partial charge on any atom is 0.343 e. The molecule has 7 N–H and O–H groups in total. The number of quaternary nitrogens is 1. The molecule has 0 aromatic carbocycles. The lowest BCUT2D eigenvalue weighted by Gasteiger charge is -2.20. The van der Waals surface area contributed by atoms with Crippen LogP contribution in [0.2, 0.25) is 0 Å². The molecule has 1 unspecified atom stereocenters. The number of rotatable bonds is 10. The quantitative estimate of drug-likeness (QED) is 0.0384. The molecule has 0 amide bonds. The number of aryl methyl sites for hydroxylation is 3. The van der Waals surface area contributed by atoms with Crippen LogP contribution in [0.15, 0.2) is 50.1 Å². The number of aromatic nitrogens is 8. The highest BCUT2D eigenvalue weighted by Crippen LogP contribution is 2.33. The molecule has 22 heteroatoms. The van der Waals surface area contributed by atoms with Crippen molar-refractivity contribution >= 4 is 58.0 Å². The number of methoxy groups -OCH3 is 1. The summed E-state index contributed by atoms with van der Waals surface area (Å²) in [5, 5.41) is 52.1. The van der Waals surface area contributed by atoms with Crippen molar-refractivity contribution in [3.05, 3.63) is 41.3 Å². The molecular weight excluding hydrogens is 616 g/mol. The van der Waals surface area contributed by atoms with Crippen molar-refractivity contribution in [2.24, 2.45) is 51.3 Å². The maximum absolute atomic E-state index is 12.1. The van der Waals surface area contributed by atoms with E-state index in [9.17, 15) is 14.7 Å². The van der Waals surface area contributed by atoms with Crippen LogP contribution in [0.5, 0.6) is 0 Å². The number of carbonyl (C=O) groups excluding carboxylic acids is 2. The smallest absolute Gasteiger partial charge is 0.343 e. The second-order valence-electron chi connectivity index (χ2n) is 10.1. The zero-order valence-corrected chi connectivity index (χ0v) is 26.1. The Bertz CT molecular complexity index is 1980. The lowest BCUT2D eigenvalue weighted by Crippen LogP contribution is -2.46. The van der Waals surface area contributed by atoms with Gasteiger partial charge in [0.2, 0.25) is 0 Å². The molecule has 0 radical (unpaired) electrons. The molecule has 0 aliphatic carbocycles. The van der Waals surface area contributed by atoms with Gasteiger partial charge in [-0.1, -0.05) is 14.8 Å². The Labute approximate surface area is 265 Å². The number of aliphatic hydroxyl groups is 1. The van der Waals surface area contributed by atoms with E-state index in [4.69, 9.17) is 16.4 Å². The van der Waals surface area contributed by atoms with Crippen molar-refractivity contribution in [2.75, 3.05) is 31.6 Å². The van der Waals surface area contributed by atoms with Gasteiger partial charge < -0.3 is 21.1 Å². The van der Waals surface area contributed by atoms with Gasteiger partial charge in [0.25, 0.3) is 5.82 Å². The molecule has 4 aromatic rings. The van der Waals surface area contributed by atoms with Crippen molar-refractivity contribution < 1.29 is 19.4 Å². The number of aliphatic hydroxyl groups excluding tert-OH is 1. The second kappa shape index (κ2) is 12.6. The van der Waals surface area contributed by atoms with Crippen LogP contribution in [0.4, 0.5) is 29.0 Å². The van der Waals surface area contributed by atoms with Gasteiger partial charge in [-0.05, 0) is 19.9 Å². The second-order valence-corrected chi connectivity index (χ2v) is 10.1. The zero-order chi connectivity index (χ0) is 34.0. The highest BCUT2D eigenvalue weighted by molar-refractivity contribution is 6.71. The third-order valence-corrected chi connectivity index (χ3v) is 7.12. The van der Waals surface area contributed by atoms with Gasteiger partial charge in [-0.2, -0.15) is 25.1 Å². The Morgan fingerprint density at radius 2 is 1.79 bits per heavy atom. The summed E-state index contributed by atoms with van der Waals surface area (Å²) in [6, 6.07) is 3.28. The lowest BCUT2D eigenvalue weighted by molar-refractivity contribution is 0.0601. The van der Waals surface area contributed by atoms with Crippen molar-refractivity contribution in [1.29, 1.82) is 0 Å². The van der Waals surface area contributed by atoms with E-state index in [2.05, 4.69) is 61.9 Å². The summed E-state index contributed by atoms with van der Waals surface area (Å²) in [6.07, 6.45) is 2.65. The van der Waals surface area contributed by atoms with Crippen LogP contribution in [0.25, 0.3) is 5.82 Å². The van der Waals surface area contributed by atoms with Crippen LogP contribution >= 0.6 is 0 Å². The standard InChI is InChI=1S/C25H30N18O4/c1-12-19(34-37-22-15(25(46)47-6)10-29-41(22)4)23(30-26)42(38-12)17-7-8-18(33-32-17)43(5)24(31-27)20(13(2)39-43)35-36-21-14(16(45)11-44)9-28-40(21)3/h7-10,44H,11H2,1-6H3,(H5-,26,27,28,29,30,31,32,33,34,35,36,37,38,39,45,46)/p+1. The van der Waals surface area contributed by atoms with Crippen LogP contribution in [0.3, 0.4) is 0 Å². The summed E-state index contributed by atoms with van der Waals surface area (Å²) < 4.78 is 8.61. The van der Waals surface area contributed by atoms with Crippen molar-refractivity contribution in [1.82, 2.24) is 44.1 Å². The van der Waals surface area contributed by atoms with Gasteiger partial charge in [-0.3, -0.25) is 14.9 Å². The van der Waals surface area contributed by atoms with Gasteiger partial charge in [0, 0.05) is 20.2 Å². The molecule has 1 aliphatic heterocycles. The van der Waals surface area contributed by atoms with Crippen molar-refractivity contribution in [2.45, 2.75) is 13.8 Å². The Hall–Kier alpha value is -6.26. The van der Waals surface area contributed by atoms with E-state index < -0.39 is 18.4 Å². The monoisotopic (exact) mass is 647 g/mol. The Morgan fingerprint density at radius 1 is 1.06 bits per heavy atom. The first-order valence-electron chi connectivity index (χ1n) is 13.6. The lowest BCUT2D eigenvalue weighted by atomic mass is 10.2. The number of nitrogens with two attached hydrogens (primary N) is 2. The minimum absolute atomic E-state index is 0.131. The number of nitrogen functional groups attached to an aromatic ring is 1. The number of azo groups is 1. The molecule has 4 aromatic heterocycles. The van der Waals surface area contributed by atoms with Gasteiger partial charge in [0.05, 0.1) is 30.8 Å². The first-order valence-corrected chi connectivity index (χ1v) is 13.6. The number of amidine groups is 1. The van der Waals surface area contributed by atoms with E-state index in [-0.39, 0.29) is 50.5 Å². The highest BCUT2D eigenvalue weighted by atomic mass is 16.5. The number of Topliss-reactive ketones (excluding diaryl/α,β-unsaturated/α-hetero) is 1. The Morgan fingerprint density at radius 3 is 2.43 bits per heavy atom. The molecule has 0 fully saturated rings. The number of ether oxygens (including phenoxy) is 1. The van der Waals surface area contributed by atoms with Crippen LogP contribution in [0, 0.1) is 6.92 Å². The van der Waals surface area contributed by atoms with Crippen LogP contribution < -0.4 is 27.1 Å². The number of ketones is 1. The van der Waals surface area contributed by atoms with E-state index in [0.717, 1.165) is 0 Å². The fraction of sp³-hybridized carbons (Fsp3) is 0.280. The third kappa shape index (κ3) is 5.58. The molecule has 0 bridgehead atoms. The number of hydrogen-bond donors (Lipinski definition) is 5. The molecule has 244 valence electrons. The summed E-state index contributed by atoms with van der Waals surface area (Å²) in [5.41, 5.74) is 7.13. The molecule has 0 spiro atoms. The van der Waals surface area contributed by atoms with Gasteiger partial charge in [-0.25, -0.2) is 15.3 Å². The average molecular weight is 648 g/mol. The molecule has 5 heterocycles. The van der Waals surface area contributed by atoms with E-state index >= 15 is 0 Å². The van der Waals surface area contributed by atoms with Gasteiger partial charge in [0.1, 0.15) is 24.9 Å². The van der Waals surface area contributed by atoms with Gasteiger partial charge >= 0.3 is 11.8 Å². The summed E-state index contributed by atoms with van der Waals surface area (Å²) in [6.45, 7) is 2.71. The molecule has 0 saturated carbocycles. The zero-order valence-electron chi connectivity index (χ0n) is 26.1. The third-order valence-electron chi connectivity index (χ3n) is 7.12. The predicted octanol–water partition coefficient (Wildman–Crippen LogP) is 0.167. The van der Waals surface area contributed by atoms with Crippen LogP contribution in [-0.4, -0.2) is 94.4 Å². The first kappa shape index (κ1) is 32.1. The first-order chi connectivity index (χ1) is 22.5. The highest BCUT2D eigenvalue weighted by Gasteiger charge is 2.46. The minimum Gasteiger partial charge on any atom is -0.465 e. The number of nitrogens with zero attached hydrogens (tertiary/aromatic N) is 14. The van der Waals surface area contributed by atoms with Crippen LogP contribution in [0.1, 0.15) is 33.3 Å². The molecule has 0 saturated heterocycles. The SMILES string of the molecule is COC(=O)c1cnn(C)c1N=Nc1c(C)nn(-c2ccc([N+]3(C)N=C(C)C(=NNc4c(C(=O)CO)cnn4C)C3=NN)nn2)c1NN. The number of hydrazone groups is 2. The molecule has 1 aliphatic rings. The maximum atomic E-state index is 12.1. The number of anilines is 2. The Kier molecular flexibility index (Phi) is 8.63. The topological polar surface area (TPSA) is 281 Å². The molecular formula is C25H31N18O4+. The fourth-order valence-corrected chi connectivity index (χ4v) is 4.69. The van der Waals surface area contributed by atoms with Gasteiger partial charge in [-0.15, -0.1) is 20.4 Å². The molecule has 47 heavy (non-hydrogen) atoms. The van der Waals surface area contributed by atoms with Crippen LogP contribution in [-0.2, 0) is 18.8 Å². The summed E-state index contributed by atoms with van der Waals surface area (Å²) in [4.78, 5) is 24.2. The van der Waals surface area contributed by atoms with Crippen molar-refractivity contribution in [3.63, 3.8) is 0 Å². The number of carbonyl (C=O) groups is 2. The normalized spacial score (nSPS) is 17.9. The van der Waals surface area contributed by atoms with E-state index in [0.29, 0.717) is 22.9 Å². The molecule has 22 nitrogen and oxygen atoms in total. The average Bonchev–Trinajstić information content (AvgIpc) is 3.79. The fourth-order valence-electron chi connectivity index (χ4n) is 4.69. The largest absolute Gasteiger partial charge is 0.465 e. The van der Waals surface area contributed by atoms with E-state index in [1.54, 1.807) is 47.1 Å². The van der Waals surface area contributed by atoms with Gasteiger partial charge in [0.15, 0.2) is 40.5 Å². The Balaban J connectivity index is 1.44. The van der Waals surface area contributed by atoms with E-state index in [1.165, 1.54) is 33.5 Å². The number of hydrazine groups is 1. The molecule has 1 atom stereocenters. The molecule has 5 rings (SSSR count). The number of hydrogen-bond acceptors (Lipinski definition) is 18. The van der Waals surface area contributed by atoms with Crippen molar-refractivity contribution in [3.8, 4) is 5.82 Å². The summed E-state index contributed by atoms with van der Waals surface area (Å²) >= 11 is 0. The predicted molar refractivity (Wildman–Crippen MR) is 169 cm³/mol. The number of esters is 1. The minimum atomic E-state index is -0.688. The van der Waals surface area contributed by atoms with E-state index in [1.807, 2.05) is 0 Å². The number of nitrogens with one attached hydrogen (secondary N) is 2. The summed E-state index contributed by atoms with van der Waals surface area (Å²) in [5.74, 6) is 12.0.